The number of pyridine rings is 1. The van der Waals surface area contributed by atoms with E-state index in [9.17, 15) is 14.0 Å². The van der Waals surface area contributed by atoms with E-state index in [0.29, 0.717) is 26.1 Å². The number of halogens is 1. The summed E-state index contributed by atoms with van der Waals surface area (Å²) < 4.78 is 12.9. The van der Waals surface area contributed by atoms with Crippen molar-refractivity contribution < 1.29 is 14.0 Å². The zero-order chi connectivity index (χ0) is 17.6. The van der Waals surface area contributed by atoms with Crippen LogP contribution in [0.2, 0.25) is 0 Å². The second kappa shape index (κ2) is 7.88. The molecule has 5 nitrogen and oxygen atoms in total. The van der Waals surface area contributed by atoms with Crippen molar-refractivity contribution in [2.75, 3.05) is 13.1 Å². The normalized spacial score (nSPS) is 16.9. The third-order valence-corrected chi connectivity index (χ3v) is 4.34. The Morgan fingerprint density at radius 1 is 1.24 bits per heavy atom. The molecule has 0 aliphatic carbocycles. The lowest BCUT2D eigenvalue weighted by Gasteiger charge is -2.16. The van der Waals surface area contributed by atoms with Crippen molar-refractivity contribution in [1.29, 1.82) is 0 Å². The molecule has 0 radical (unpaired) electrons. The van der Waals surface area contributed by atoms with Gasteiger partial charge in [-0.15, -0.1) is 0 Å². The summed E-state index contributed by atoms with van der Waals surface area (Å²) in [7, 11) is 0. The molecule has 130 valence electrons. The quantitative estimate of drug-likeness (QED) is 0.873. The number of nitrogens with zero attached hydrogens (tertiary/aromatic N) is 2. The van der Waals surface area contributed by atoms with Crippen LogP contribution in [-0.4, -0.2) is 34.8 Å². The van der Waals surface area contributed by atoms with Crippen LogP contribution in [0.15, 0.2) is 48.7 Å². The van der Waals surface area contributed by atoms with Gasteiger partial charge in [0.1, 0.15) is 5.82 Å². The van der Waals surface area contributed by atoms with Gasteiger partial charge in [0, 0.05) is 25.7 Å². The Kier molecular flexibility index (Phi) is 5.38. The summed E-state index contributed by atoms with van der Waals surface area (Å²) >= 11 is 0. The number of nitrogens with one attached hydrogen (secondary N) is 1. The van der Waals surface area contributed by atoms with E-state index in [1.807, 2.05) is 18.2 Å². The molecular formula is C19H20FN3O2. The number of benzene rings is 1. The minimum atomic E-state index is -0.329. The van der Waals surface area contributed by atoms with Gasteiger partial charge in [0.25, 0.3) is 0 Å². The van der Waals surface area contributed by atoms with Gasteiger partial charge < -0.3 is 10.2 Å². The molecule has 25 heavy (non-hydrogen) atoms. The SMILES string of the molecule is O=C(NCc1ccccn1)[C@@H]1CC(=O)N(CCc2ccc(F)cc2)C1. The van der Waals surface area contributed by atoms with Crippen molar-refractivity contribution in [2.24, 2.45) is 5.92 Å². The maximum atomic E-state index is 12.9. The highest BCUT2D eigenvalue weighted by atomic mass is 19.1. The first kappa shape index (κ1) is 17.1. The highest BCUT2D eigenvalue weighted by Gasteiger charge is 2.33. The van der Waals surface area contributed by atoms with E-state index in [4.69, 9.17) is 0 Å². The Hall–Kier alpha value is -2.76. The third-order valence-electron chi connectivity index (χ3n) is 4.34. The van der Waals surface area contributed by atoms with Crippen LogP contribution in [0.3, 0.4) is 0 Å². The van der Waals surface area contributed by atoms with Gasteiger partial charge >= 0.3 is 0 Å². The molecule has 1 aliphatic rings. The Morgan fingerprint density at radius 3 is 2.76 bits per heavy atom. The van der Waals surface area contributed by atoms with E-state index in [0.717, 1.165) is 11.3 Å². The number of carbonyl (C=O) groups excluding carboxylic acids is 2. The molecule has 2 aromatic rings. The van der Waals surface area contributed by atoms with E-state index < -0.39 is 0 Å². The lowest BCUT2D eigenvalue weighted by Crippen LogP contribution is -2.33. The number of carbonyl (C=O) groups is 2. The van der Waals surface area contributed by atoms with Crippen molar-refractivity contribution in [3.05, 3.63) is 65.7 Å². The first-order valence-electron chi connectivity index (χ1n) is 8.31. The predicted molar refractivity (Wildman–Crippen MR) is 90.9 cm³/mol. The molecule has 1 N–H and O–H groups in total. The highest BCUT2D eigenvalue weighted by molar-refractivity contribution is 5.89. The molecule has 0 unspecified atom stereocenters. The molecule has 2 amide bonds. The van der Waals surface area contributed by atoms with Gasteiger partial charge in [-0.1, -0.05) is 18.2 Å². The summed E-state index contributed by atoms with van der Waals surface area (Å²) in [6, 6.07) is 11.8. The van der Waals surface area contributed by atoms with Gasteiger partial charge in [-0.25, -0.2) is 4.39 Å². The number of hydrogen-bond donors (Lipinski definition) is 1. The van der Waals surface area contributed by atoms with Crippen LogP contribution in [0.5, 0.6) is 0 Å². The number of amides is 2. The van der Waals surface area contributed by atoms with Crippen LogP contribution in [0, 0.1) is 11.7 Å². The Morgan fingerprint density at radius 2 is 2.04 bits per heavy atom. The molecule has 1 aromatic heterocycles. The Bertz CT molecular complexity index is 734. The second-order valence-electron chi connectivity index (χ2n) is 6.16. The number of rotatable bonds is 6. The minimum Gasteiger partial charge on any atom is -0.350 e. The lowest BCUT2D eigenvalue weighted by molar-refractivity contribution is -0.129. The van der Waals surface area contributed by atoms with E-state index in [1.165, 1.54) is 12.1 Å². The molecule has 0 bridgehead atoms. The molecule has 2 heterocycles. The lowest BCUT2D eigenvalue weighted by atomic mass is 10.1. The van der Waals surface area contributed by atoms with Gasteiger partial charge in [0.05, 0.1) is 18.2 Å². The van der Waals surface area contributed by atoms with Gasteiger partial charge in [-0.3, -0.25) is 14.6 Å². The summed E-state index contributed by atoms with van der Waals surface area (Å²) in [4.78, 5) is 30.2. The first-order chi connectivity index (χ1) is 12.1. The maximum absolute atomic E-state index is 12.9. The molecule has 6 heteroatoms. The Labute approximate surface area is 145 Å². The zero-order valence-electron chi connectivity index (χ0n) is 13.8. The highest BCUT2D eigenvalue weighted by Crippen LogP contribution is 2.18. The van der Waals surface area contributed by atoms with Gasteiger partial charge in [-0.2, -0.15) is 0 Å². The maximum Gasteiger partial charge on any atom is 0.225 e. The van der Waals surface area contributed by atoms with E-state index in [-0.39, 0.29) is 30.0 Å². The van der Waals surface area contributed by atoms with Crippen molar-refractivity contribution in [3.8, 4) is 0 Å². The fourth-order valence-electron chi connectivity index (χ4n) is 2.90. The molecule has 0 spiro atoms. The molecule has 1 fully saturated rings. The molecule has 1 saturated heterocycles. The van der Waals surface area contributed by atoms with E-state index in [2.05, 4.69) is 10.3 Å². The Balaban J connectivity index is 1.48. The van der Waals surface area contributed by atoms with Crippen LogP contribution in [0.25, 0.3) is 0 Å². The van der Waals surface area contributed by atoms with Crippen LogP contribution in [0.1, 0.15) is 17.7 Å². The van der Waals surface area contributed by atoms with E-state index in [1.54, 1.807) is 23.2 Å². The molecule has 0 saturated carbocycles. The molecule has 1 aromatic carbocycles. The summed E-state index contributed by atoms with van der Waals surface area (Å²) in [6.07, 6.45) is 2.56. The summed E-state index contributed by atoms with van der Waals surface area (Å²) in [5.41, 5.74) is 1.76. The van der Waals surface area contributed by atoms with Crippen LogP contribution >= 0.6 is 0 Å². The van der Waals surface area contributed by atoms with Crippen molar-refractivity contribution >= 4 is 11.8 Å². The number of likely N-dealkylation sites (tertiary alicyclic amines) is 1. The average molecular weight is 341 g/mol. The zero-order valence-corrected chi connectivity index (χ0v) is 13.8. The second-order valence-corrected chi connectivity index (χ2v) is 6.16. The van der Waals surface area contributed by atoms with Gasteiger partial charge in [-0.05, 0) is 36.2 Å². The smallest absolute Gasteiger partial charge is 0.225 e. The van der Waals surface area contributed by atoms with Crippen molar-refractivity contribution in [1.82, 2.24) is 15.2 Å². The largest absolute Gasteiger partial charge is 0.350 e. The molecule has 1 atom stereocenters. The number of hydrogen-bond acceptors (Lipinski definition) is 3. The fraction of sp³-hybridized carbons (Fsp3) is 0.316. The van der Waals surface area contributed by atoms with Crippen molar-refractivity contribution in [3.63, 3.8) is 0 Å². The summed E-state index contributed by atoms with van der Waals surface area (Å²) in [5.74, 6) is -0.738. The topological polar surface area (TPSA) is 62.3 Å². The predicted octanol–water partition coefficient (Wildman–Crippen LogP) is 1.93. The minimum absolute atomic E-state index is 0.0138. The standard InChI is InChI=1S/C19H20FN3O2/c20-16-6-4-14(5-7-16)8-10-23-13-15(11-18(23)24)19(25)22-12-17-3-1-2-9-21-17/h1-7,9,15H,8,10-13H2,(H,22,25)/t15-/m1/s1. The van der Waals surface area contributed by atoms with Crippen LogP contribution in [0.4, 0.5) is 4.39 Å². The molecule has 3 rings (SSSR count). The van der Waals surface area contributed by atoms with Gasteiger partial charge in [0.15, 0.2) is 0 Å². The third kappa shape index (κ3) is 4.62. The molecule has 1 aliphatic heterocycles. The van der Waals surface area contributed by atoms with Crippen molar-refractivity contribution in [2.45, 2.75) is 19.4 Å². The monoisotopic (exact) mass is 341 g/mol. The van der Waals surface area contributed by atoms with Crippen LogP contribution < -0.4 is 5.32 Å². The number of aromatic nitrogens is 1. The summed E-state index contributed by atoms with van der Waals surface area (Å²) in [6.45, 7) is 1.32. The average Bonchev–Trinajstić information content (AvgIpc) is 3.01. The van der Waals surface area contributed by atoms with Gasteiger partial charge in [0.2, 0.25) is 11.8 Å². The summed E-state index contributed by atoms with van der Waals surface area (Å²) in [5, 5.41) is 2.84. The van der Waals surface area contributed by atoms with E-state index >= 15 is 0 Å². The molecular weight excluding hydrogens is 321 g/mol. The first-order valence-corrected chi connectivity index (χ1v) is 8.31. The van der Waals surface area contributed by atoms with Crippen LogP contribution in [-0.2, 0) is 22.6 Å². The fourth-order valence-corrected chi connectivity index (χ4v) is 2.90.